The van der Waals surface area contributed by atoms with Crippen molar-refractivity contribution in [3.05, 3.63) is 28.3 Å². The normalized spacial score (nSPS) is 26.6. The summed E-state index contributed by atoms with van der Waals surface area (Å²) >= 11 is 6.51. The van der Waals surface area contributed by atoms with E-state index in [1.165, 1.54) is 5.57 Å². The number of aromatic nitrogens is 1. The van der Waals surface area contributed by atoms with Gasteiger partial charge in [-0.25, -0.2) is 0 Å². The largest absolute Gasteiger partial charge is 0.481 e. The zero-order valence-corrected chi connectivity index (χ0v) is 17.9. The van der Waals surface area contributed by atoms with Gasteiger partial charge in [0.05, 0.1) is 13.0 Å². The van der Waals surface area contributed by atoms with E-state index in [1.54, 1.807) is 14.2 Å². The van der Waals surface area contributed by atoms with E-state index in [0.717, 1.165) is 37.9 Å². The monoisotopic (exact) mass is 407 g/mol. The highest BCUT2D eigenvalue weighted by Gasteiger charge is 2.31. The van der Waals surface area contributed by atoms with Gasteiger partial charge in [0.15, 0.2) is 0 Å². The fourth-order valence-electron chi connectivity index (χ4n) is 4.29. The van der Waals surface area contributed by atoms with E-state index in [4.69, 9.17) is 21.1 Å². The van der Waals surface area contributed by atoms with Gasteiger partial charge in [0.25, 0.3) is 0 Å². The number of rotatable bonds is 6. The SMILES string of the molecule is C/C=C1\C(C)CC[C@@H]1Oc1nc(OC)c(CN2CCC(C(=O)NC)C2)cc1Cl. The number of carbonyl (C=O) groups is 1. The summed E-state index contributed by atoms with van der Waals surface area (Å²) in [5, 5.41) is 3.22. The number of pyridine rings is 1. The van der Waals surface area contributed by atoms with E-state index >= 15 is 0 Å². The maximum Gasteiger partial charge on any atom is 0.236 e. The Bertz CT molecular complexity index is 753. The lowest BCUT2D eigenvalue weighted by Gasteiger charge is -2.20. The van der Waals surface area contributed by atoms with Crippen LogP contribution in [0.4, 0.5) is 0 Å². The standard InChI is InChI=1S/C21H30ClN3O3/c1-5-16-13(2)6-7-18(16)28-21-17(22)10-15(20(24-21)27-4)12-25-9-8-14(11-25)19(26)23-3/h5,10,13-14,18H,6-9,11-12H2,1-4H3,(H,23,26)/b16-5+/t13?,14?,18-/m0/s1. The van der Waals surface area contributed by atoms with Crippen molar-refractivity contribution in [2.45, 2.75) is 45.8 Å². The molecule has 2 heterocycles. The summed E-state index contributed by atoms with van der Waals surface area (Å²) in [6.45, 7) is 6.50. The molecule has 1 N–H and O–H groups in total. The number of hydrogen-bond acceptors (Lipinski definition) is 5. The van der Waals surface area contributed by atoms with E-state index in [2.05, 4.69) is 28.2 Å². The molecule has 2 aliphatic rings. The lowest BCUT2D eigenvalue weighted by atomic mass is 10.0. The Labute approximate surface area is 172 Å². The molecule has 0 aromatic carbocycles. The second-order valence-corrected chi connectivity index (χ2v) is 8.06. The van der Waals surface area contributed by atoms with Crippen molar-refractivity contribution in [3.8, 4) is 11.8 Å². The third kappa shape index (κ3) is 4.44. The van der Waals surface area contributed by atoms with Crippen molar-refractivity contribution in [3.63, 3.8) is 0 Å². The minimum absolute atomic E-state index is 0.0208. The molecule has 3 atom stereocenters. The number of carbonyl (C=O) groups excluding carboxylic acids is 1. The first-order chi connectivity index (χ1) is 13.5. The van der Waals surface area contributed by atoms with Crippen molar-refractivity contribution >= 4 is 17.5 Å². The number of methoxy groups -OCH3 is 1. The van der Waals surface area contributed by atoms with E-state index in [-0.39, 0.29) is 17.9 Å². The molecule has 0 bridgehead atoms. The number of hydrogen-bond donors (Lipinski definition) is 1. The fourth-order valence-corrected chi connectivity index (χ4v) is 4.50. The maximum atomic E-state index is 11.9. The van der Waals surface area contributed by atoms with E-state index in [9.17, 15) is 4.79 Å². The minimum atomic E-state index is 0.0208. The van der Waals surface area contributed by atoms with Gasteiger partial charge in [-0.15, -0.1) is 0 Å². The molecule has 1 amide bonds. The first kappa shape index (κ1) is 20.9. The van der Waals surface area contributed by atoms with Gasteiger partial charge in [0.2, 0.25) is 17.7 Å². The molecule has 6 nitrogen and oxygen atoms in total. The summed E-state index contributed by atoms with van der Waals surface area (Å²) in [6.07, 6.45) is 5.09. The van der Waals surface area contributed by atoms with Crippen molar-refractivity contribution in [1.29, 1.82) is 0 Å². The second kappa shape index (κ2) is 9.14. The summed E-state index contributed by atoms with van der Waals surface area (Å²) in [7, 11) is 3.29. The Balaban J connectivity index is 1.72. The van der Waals surface area contributed by atoms with Crippen LogP contribution >= 0.6 is 11.6 Å². The fraction of sp³-hybridized carbons (Fsp3) is 0.619. The topological polar surface area (TPSA) is 63.7 Å². The maximum absolute atomic E-state index is 11.9. The molecule has 28 heavy (non-hydrogen) atoms. The molecule has 2 fully saturated rings. The molecule has 154 valence electrons. The highest BCUT2D eigenvalue weighted by atomic mass is 35.5. The van der Waals surface area contributed by atoms with Crippen LogP contribution in [0, 0.1) is 11.8 Å². The molecule has 0 radical (unpaired) electrons. The van der Waals surface area contributed by atoms with Gasteiger partial charge in [-0.1, -0.05) is 24.6 Å². The van der Waals surface area contributed by atoms with Crippen molar-refractivity contribution in [2.75, 3.05) is 27.2 Å². The number of nitrogens with zero attached hydrogens (tertiary/aromatic N) is 2. The Morgan fingerprint density at radius 2 is 2.18 bits per heavy atom. The molecule has 1 saturated heterocycles. The molecule has 2 unspecified atom stereocenters. The Kier molecular flexibility index (Phi) is 6.83. The smallest absolute Gasteiger partial charge is 0.236 e. The summed E-state index contributed by atoms with van der Waals surface area (Å²) in [6, 6.07) is 1.88. The van der Waals surface area contributed by atoms with Crippen LogP contribution in [0.2, 0.25) is 5.02 Å². The van der Waals surface area contributed by atoms with Crippen molar-refractivity contribution in [1.82, 2.24) is 15.2 Å². The zero-order valence-electron chi connectivity index (χ0n) is 17.1. The number of allylic oxidation sites excluding steroid dienone is 1. The highest BCUT2D eigenvalue weighted by Crippen LogP contribution is 2.37. The number of halogens is 1. The number of nitrogens with one attached hydrogen (secondary N) is 1. The first-order valence-electron chi connectivity index (χ1n) is 9.96. The van der Waals surface area contributed by atoms with Gasteiger partial charge in [0, 0.05) is 25.7 Å². The van der Waals surface area contributed by atoms with Crippen LogP contribution in [0.3, 0.4) is 0 Å². The zero-order chi connectivity index (χ0) is 20.3. The Morgan fingerprint density at radius 1 is 1.39 bits per heavy atom. The van der Waals surface area contributed by atoms with Gasteiger partial charge < -0.3 is 14.8 Å². The van der Waals surface area contributed by atoms with Crippen LogP contribution in [0.1, 0.15) is 38.7 Å². The molecular weight excluding hydrogens is 378 g/mol. The summed E-state index contributed by atoms with van der Waals surface area (Å²) in [4.78, 5) is 18.6. The molecule has 1 aromatic heterocycles. The van der Waals surface area contributed by atoms with Gasteiger partial charge in [-0.3, -0.25) is 9.69 Å². The van der Waals surface area contributed by atoms with Crippen molar-refractivity contribution < 1.29 is 14.3 Å². The molecule has 7 heteroatoms. The molecule has 0 spiro atoms. The van der Waals surface area contributed by atoms with Gasteiger partial charge >= 0.3 is 0 Å². The Morgan fingerprint density at radius 3 is 2.86 bits per heavy atom. The number of ether oxygens (including phenoxy) is 2. The van der Waals surface area contributed by atoms with Gasteiger partial charge in [0.1, 0.15) is 11.1 Å². The van der Waals surface area contributed by atoms with E-state index in [0.29, 0.717) is 29.2 Å². The minimum Gasteiger partial charge on any atom is -0.481 e. The summed E-state index contributed by atoms with van der Waals surface area (Å²) in [5.74, 6) is 1.60. The van der Waals surface area contributed by atoms with Gasteiger partial charge in [-0.2, -0.15) is 4.98 Å². The summed E-state index contributed by atoms with van der Waals surface area (Å²) < 4.78 is 11.7. The third-order valence-electron chi connectivity index (χ3n) is 5.85. The average Bonchev–Trinajstić information content (AvgIpc) is 3.29. The predicted octanol–water partition coefficient (Wildman–Crippen LogP) is 3.44. The van der Waals surface area contributed by atoms with Gasteiger partial charge in [-0.05, 0) is 50.3 Å². The highest BCUT2D eigenvalue weighted by molar-refractivity contribution is 6.31. The van der Waals surface area contributed by atoms with E-state index in [1.807, 2.05) is 13.0 Å². The second-order valence-electron chi connectivity index (χ2n) is 7.65. The first-order valence-corrected chi connectivity index (χ1v) is 10.3. The predicted molar refractivity (Wildman–Crippen MR) is 110 cm³/mol. The van der Waals surface area contributed by atoms with Crippen LogP contribution in [0.25, 0.3) is 0 Å². The van der Waals surface area contributed by atoms with Crippen LogP contribution in [0.15, 0.2) is 17.7 Å². The van der Waals surface area contributed by atoms with Crippen LogP contribution in [0.5, 0.6) is 11.8 Å². The lowest BCUT2D eigenvalue weighted by Crippen LogP contribution is -2.30. The third-order valence-corrected chi connectivity index (χ3v) is 6.12. The van der Waals surface area contributed by atoms with Crippen LogP contribution in [-0.2, 0) is 11.3 Å². The summed E-state index contributed by atoms with van der Waals surface area (Å²) in [5.41, 5.74) is 2.21. The molecule has 1 aliphatic carbocycles. The molecule has 1 saturated carbocycles. The van der Waals surface area contributed by atoms with Crippen LogP contribution < -0.4 is 14.8 Å². The van der Waals surface area contributed by atoms with E-state index < -0.39 is 0 Å². The molecule has 1 aliphatic heterocycles. The molecule has 3 rings (SSSR count). The van der Waals surface area contributed by atoms with Crippen LogP contribution in [-0.4, -0.2) is 49.1 Å². The molecular formula is C21H30ClN3O3. The Hall–Kier alpha value is -1.79. The lowest BCUT2D eigenvalue weighted by molar-refractivity contribution is -0.124. The average molecular weight is 408 g/mol. The molecule has 1 aromatic rings. The number of amides is 1. The quantitative estimate of drug-likeness (QED) is 0.732. The number of likely N-dealkylation sites (tertiary alicyclic amines) is 1. The van der Waals surface area contributed by atoms with Crippen molar-refractivity contribution in [2.24, 2.45) is 11.8 Å².